The predicted octanol–water partition coefficient (Wildman–Crippen LogP) is 4.35. The van der Waals surface area contributed by atoms with E-state index in [0.717, 1.165) is 38.5 Å². The summed E-state index contributed by atoms with van der Waals surface area (Å²) in [6.07, 6.45) is 4.70. The van der Waals surface area contributed by atoms with Gasteiger partial charge in [-0.05, 0) is 62.9 Å². The van der Waals surface area contributed by atoms with Gasteiger partial charge in [-0.3, -0.25) is 10.1 Å². The molecule has 0 atom stereocenters. The van der Waals surface area contributed by atoms with Gasteiger partial charge in [0.2, 0.25) is 0 Å². The lowest BCUT2D eigenvalue weighted by molar-refractivity contribution is -0.384. The van der Waals surface area contributed by atoms with Crippen molar-refractivity contribution in [3.05, 3.63) is 70.3 Å². The topological polar surface area (TPSA) is 58.4 Å². The third-order valence-corrected chi connectivity index (χ3v) is 5.14. The lowest BCUT2D eigenvalue weighted by Gasteiger charge is -2.32. The molecule has 2 aromatic carbocycles. The average molecular weight is 353 g/mol. The van der Waals surface area contributed by atoms with Gasteiger partial charge in [-0.1, -0.05) is 42.5 Å². The number of benzene rings is 2. The average Bonchev–Trinajstić information content (AvgIpc) is 2.67. The molecule has 0 spiro atoms. The van der Waals surface area contributed by atoms with Gasteiger partial charge < -0.3 is 10.2 Å². The minimum Gasteiger partial charge on any atom is -0.379 e. The van der Waals surface area contributed by atoms with Crippen molar-refractivity contribution in [2.24, 2.45) is 5.92 Å². The highest BCUT2D eigenvalue weighted by molar-refractivity contribution is 5.60. The molecule has 0 saturated carbocycles. The second-order valence-electron chi connectivity index (χ2n) is 7.03. The van der Waals surface area contributed by atoms with Gasteiger partial charge in [0.1, 0.15) is 5.69 Å². The summed E-state index contributed by atoms with van der Waals surface area (Å²) in [4.78, 5) is 13.2. The van der Waals surface area contributed by atoms with Crippen molar-refractivity contribution < 1.29 is 4.92 Å². The molecule has 1 aliphatic rings. The van der Waals surface area contributed by atoms with E-state index in [-0.39, 0.29) is 10.6 Å². The number of nitrogens with zero attached hydrogens (tertiary/aromatic N) is 2. The Bertz CT molecular complexity index is 697. The van der Waals surface area contributed by atoms with Gasteiger partial charge in [0.15, 0.2) is 0 Å². The van der Waals surface area contributed by atoms with E-state index in [9.17, 15) is 10.1 Å². The highest BCUT2D eigenvalue weighted by Crippen LogP contribution is 2.24. The summed E-state index contributed by atoms with van der Waals surface area (Å²) in [5.41, 5.74) is 2.20. The number of para-hydroxylation sites is 2. The van der Waals surface area contributed by atoms with Crippen LogP contribution in [0.2, 0.25) is 0 Å². The first-order valence-corrected chi connectivity index (χ1v) is 9.46. The number of hydrogen-bond acceptors (Lipinski definition) is 4. The highest BCUT2D eigenvalue weighted by atomic mass is 16.6. The van der Waals surface area contributed by atoms with Gasteiger partial charge >= 0.3 is 0 Å². The highest BCUT2D eigenvalue weighted by Gasteiger charge is 2.19. The minimum atomic E-state index is -0.333. The smallest absolute Gasteiger partial charge is 0.292 e. The van der Waals surface area contributed by atoms with E-state index >= 15 is 0 Å². The van der Waals surface area contributed by atoms with Gasteiger partial charge in [0.05, 0.1) is 4.92 Å². The third-order valence-electron chi connectivity index (χ3n) is 5.14. The van der Waals surface area contributed by atoms with Crippen LogP contribution in [-0.2, 0) is 6.42 Å². The second-order valence-corrected chi connectivity index (χ2v) is 7.03. The summed E-state index contributed by atoms with van der Waals surface area (Å²) in [5.74, 6) is 0.791. The van der Waals surface area contributed by atoms with Crippen molar-refractivity contribution in [3.63, 3.8) is 0 Å². The molecule has 26 heavy (non-hydrogen) atoms. The van der Waals surface area contributed by atoms with E-state index in [1.807, 2.05) is 6.07 Å². The maximum atomic E-state index is 11.0. The normalized spacial score (nSPS) is 15.7. The number of nitro benzene ring substituents is 1. The molecule has 0 radical (unpaired) electrons. The summed E-state index contributed by atoms with van der Waals surface area (Å²) in [6, 6.07) is 17.6. The Morgan fingerprint density at radius 3 is 2.46 bits per heavy atom. The molecular formula is C21H27N3O2. The summed E-state index contributed by atoms with van der Waals surface area (Å²) in [6.45, 7) is 4.12. The molecule has 138 valence electrons. The molecule has 0 aliphatic carbocycles. The Balaban J connectivity index is 1.35. The molecule has 3 rings (SSSR count). The molecule has 0 amide bonds. The SMILES string of the molecule is O=[N+]([O-])c1ccccc1NCCCN1CCC(Cc2ccccc2)CC1. The Kier molecular flexibility index (Phi) is 6.61. The predicted molar refractivity (Wildman–Crippen MR) is 106 cm³/mol. The molecule has 0 unspecified atom stereocenters. The van der Waals surface area contributed by atoms with Crippen LogP contribution in [0.4, 0.5) is 11.4 Å². The summed E-state index contributed by atoms with van der Waals surface area (Å²) < 4.78 is 0. The van der Waals surface area contributed by atoms with Gasteiger partial charge in [-0.2, -0.15) is 0 Å². The number of anilines is 1. The Morgan fingerprint density at radius 2 is 1.73 bits per heavy atom. The van der Waals surface area contributed by atoms with Crippen LogP contribution >= 0.6 is 0 Å². The lowest BCUT2D eigenvalue weighted by Crippen LogP contribution is -2.35. The second kappa shape index (κ2) is 9.34. The maximum absolute atomic E-state index is 11.0. The molecule has 0 aromatic heterocycles. The molecule has 2 aromatic rings. The van der Waals surface area contributed by atoms with Gasteiger partial charge in [0, 0.05) is 12.6 Å². The minimum absolute atomic E-state index is 0.147. The number of nitro groups is 1. The van der Waals surface area contributed by atoms with Gasteiger partial charge in [-0.25, -0.2) is 0 Å². The maximum Gasteiger partial charge on any atom is 0.292 e. The third kappa shape index (κ3) is 5.30. The number of likely N-dealkylation sites (tertiary alicyclic amines) is 1. The standard InChI is InChI=1S/C21H27N3O2/c25-24(26)21-10-5-4-9-20(21)22-13-6-14-23-15-11-19(12-16-23)17-18-7-2-1-3-8-18/h1-5,7-10,19,22H,6,11-17H2. The van der Waals surface area contributed by atoms with Crippen molar-refractivity contribution >= 4 is 11.4 Å². The molecule has 5 nitrogen and oxygen atoms in total. The fourth-order valence-corrected chi connectivity index (χ4v) is 3.67. The van der Waals surface area contributed by atoms with Crippen molar-refractivity contribution in [3.8, 4) is 0 Å². The Hall–Kier alpha value is -2.40. The van der Waals surface area contributed by atoms with Crippen LogP contribution in [0.25, 0.3) is 0 Å². The summed E-state index contributed by atoms with van der Waals surface area (Å²) >= 11 is 0. The van der Waals surface area contributed by atoms with Crippen molar-refractivity contribution in [1.82, 2.24) is 4.90 Å². The molecule has 5 heteroatoms. The summed E-state index contributed by atoms with van der Waals surface area (Å²) in [7, 11) is 0. The molecule has 1 heterocycles. The van der Waals surface area contributed by atoms with Crippen LogP contribution in [0.3, 0.4) is 0 Å². The first-order valence-electron chi connectivity index (χ1n) is 9.46. The molecule has 1 N–H and O–H groups in total. The van der Waals surface area contributed by atoms with Crippen LogP contribution in [-0.4, -0.2) is 36.0 Å². The number of piperidine rings is 1. The monoisotopic (exact) mass is 353 g/mol. The van der Waals surface area contributed by atoms with E-state index in [1.165, 1.54) is 24.8 Å². The Labute approximate surface area is 155 Å². The first kappa shape index (κ1) is 18.4. The quantitative estimate of drug-likeness (QED) is 0.435. The zero-order chi connectivity index (χ0) is 18.2. The molecule has 0 bridgehead atoms. The van der Waals surface area contributed by atoms with Crippen LogP contribution in [0.5, 0.6) is 0 Å². The molecule has 1 fully saturated rings. The molecule has 1 saturated heterocycles. The van der Waals surface area contributed by atoms with E-state index in [0.29, 0.717) is 5.69 Å². The van der Waals surface area contributed by atoms with Crippen LogP contribution < -0.4 is 5.32 Å². The van der Waals surface area contributed by atoms with Gasteiger partial charge in [0.25, 0.3) is 5.69 Å². The van der Waals surface area contributed by atoms with Crippen LogP contribution in [0, 0.1) is 16.0 Å². The van der Waals surface area contributed by atoms with E-state index in [4.69, 9.17) is 0 Å². The van der Waals surface area contributed by atoms with Crippen molar-refractivity contribution in [2.45, 2.75) is 25.7 Å². The van der Waals surface area contributed by atoms with E-state index < -0.39 is 0 Å². The fourth-order valence-electron chi connectivity index (χ4n) is 3.67. The molecular weight excluding hydrogens is 326 g/mol. The van der Waals surface area contributed by atoms with E-state index in [1.54, 1.807) is 18.2 Å². The zero-order valence-corrected chi connectivity index (χ0v) is 15.1. The van der Waals surface area contributed by atoms with Crippen LogP contribution in [0.15, 0.2) is 54.6 Å². The fraction of sp³-hybridized carbons (Fsp3) is 0.429. The first-order chi connectivity index (χ1) is 12.7. The lowest BCUT2D eigenvalue weighted by atomic mass is 9.90. The number of rotatable bonds is 8. The number of hydrogen-bond donors (Lipinski definition) is 1. The van der Waals surface area contributed by atoms with Crippen LogP contribution in [0.1, 0.15) is 24.8 Å². The van der Waals surface area contributed by atoms with E-state index in [2.05, 4.69) is 40.5 Å². The van der Waals surface area contributed by atoms with Gasteiger partial charge in [-0.15, -0.1) is 0 Å². The summed E-state index contributed by atoms with van der Waals surface area (Å²) in [5, 5.41) is 14.2. The van der Waals surface area contributed by atoms with Crippen molar-refractivity contribution in [2.75, 3.05) is 31.5 Å². The Morgan fingerprint density at radius 1 is 1.04 bits per heavy atom. The zero-order valence-electron chi connectivity index (χ0n) is 15.1. The molecule has 1 aliphatic heterocycles. The largest absolute Gasteiger partial charge is 0.379 e. The number of nitrogens with one attached hydrogen (secondary N) is 1. The van der Waals surface area contributed by atoms with Crippen molar-refractivity contribution in [1.29, 1.82) is 0 Å².